The Bertz CT molecular complexity index is 911. The van der Waals surface area contributed by atoms with Crippen molar-refractivity contribution < 1.29 is 19.1 Å². The molecule has 0 aliphatic carbocycles. The fourth-order valence-corrected chi connectivity index (χ4v) is 2.92. The normalized spacial score (nSPS) is 10.9. The Morgan fingerprint density at radius 2 is 1.45 bits per heavy atom. The third kappa shape index (κ3) is 7.44. The summed E-state index contributed by atoms with van der Waals surface area (Å²) in [5.74, 6) is -0.482. The molecule has 7 nitrogen and oxygen atoms in total. The number of benzene rings is 2. The van der Waals surface area contributed by atoms with Crippen LogP contribution in [0, 0.1) is 13.8 Å². The van der Waals surface area contributed by atoms with Gasteiger partial charge in [0.25, 0.3) is 11.8 Å². The molecule has 0 aliphatic heterocycles. The molecule has 0 heterocycles. The lowest BCUT2D eigenvalue weighted by Gasteiger charge is -2.19. The van der Waals surface area contributed by atoms with Gasteiger partial charge in [0.05, 0.1) is 0 Å². The summed E-state index contributed by atoms with van der Waals surface area (Å²) in [5.41, 5.74) is 8.17. The molecule has 0 radical (unpaired) electrons. The summed E-state index contributed by atoms with van der Waals surface area (Å²) in [6.07, 6.45) is 0.0316. The summed E-state index contributed by atoms with van der Waals surface area (Å²) in [6, 6.07) is 13.1. The number of hydrogen-bond acceptors (Lipinski definition) is 4. The molecule has 0 aromatic heterocycles. The van der Waals surface area contributed by atoms with Crippen LogP contribution in [0.1, 0.15) is 54.2 Å². The van der Waals surface area contributed by atoms with Crippen molar-refractivity contribution in [1.29, 1.82) is 0 Å². The summed E-state index contributed by atoms with van der Waals surface area (Å²) >= 11 is 0. The van der Waals surface area contributed by atoms with Crippen molar-refractivity contribution in [2.45, 2.75) is 46.5 Å². The van der Waals surface area contributed by atoms with E-state index in [1.807, 2.05) is 44.2 Å². The first-order chi connectivity index (χ1) is 14.6. The van der Waals surface area contributed by atoms with E-state index in [1.54, 1.807) is 12.1 Å². The quantitative estimate of drug-likeness (QED) is 0.594. The third-order valence-electron chi connectivity index (χ3n) is 4.75. The first-order valence-corrected chi connectivity index (χ1v) is 10.2. The standard InChI is InChI=1S/C24H31N3O4/c1-16-7-6-8-17(2)22(16)31-15-21(29)27-26-20(28)13-14-25-23(30)18-9-11-19(12-10-18)24(3,4)5/h6-12H,13-15H2,1-5H3,(H,25,30)(H,26,28)(H,27,29). The van der Waals surface area contributed by atoms with Gasteiger partial charge < -0.3 is 10.1 Å². The molecular formula is C24H31N3O4. The first kappa shape index (κ1) is 23.9. The highest BCUT2D eigenvalue weighted by Crippen LogP contribution is 2.22. The van der Waals surface area contributed by atoms with E-state index in [9.17, 15) is 14.4 Å². The molecule has 0 fully saturated rings. The van der Waals surface area contributed by atoms with Crippen LogP contribution in [-0.4, -0.2) is 30.9 Å². The van der Waals surface area contributed by atoms with Crippen molar-refractivity contribution in [3.63, 3.8) is 0 Å². The third-order valence-corrected chi connectivity index (χ3v) is 4.75. The van der Waals surface area contributed by atoms with Gasteiger partial charge in [-0.1, -0.05) is 51.1 Å². The molecule has 2 rings (SSSR count). The van der Waals surface area contributed by atoms with Gasteiger partial charge in [-0.15, -0.1) is 0 Å². The van der Waals surface area contributed by atoms with Crippen LogP contribution in [0.15, 0.2) is 42.5 Å². The van der Waals surface area contributed by atoms with Crippen LogP contribution in [-0.2, 0) is 15.0 Å². The number of carbonyl (C=O) groups excluding carboxylic acids is 3. The van der Waals surface area contributed by atoms with E-state index in [0.717, 1.165) is 16.7 Å². The lowest BCUT2D eigenvalue weighted by Crippen LogP contribution is -2.44. The van der Waals surface area contributed by atoms with Crippen LogP contribution in [0.3, 0.4) is 0 Å². The van der Waals surface area contributed by atoms with Gasteiger partial charge >= 0.3 is 0 Å². The molecule has 0 atom stereocenters. The summed E-state index contributed by atoms with van der Waals surface area (Å²) in [7, 11) is 0. The Morgan fingerprint density at radius 3 is 2.03 bits per heavy atom. The van der Waals surface area contributed by atoms with Gasteiger partial charge in [-0.2, -0.15) is 0 Å². The molecule has 0 bridgehead atoms. The fourth-order valence-electron chi connectivity index (χ4n) is 2.92. The molecule has 2 aromatic rings. The SMILES string of the molecule is Cc1cccc(C)c1OCC(=O)NNC(=O)CCNC(=O)c1ccc(C(C)(C)C)cc1. The van der Waals surface area contributed by atoms with Crippen molar-refractivity contribution in [1.82, 2.24) is 16.2 Å². The minimum atomic E-state index is -0.473. The maximum atomic E-state index is 12.2. The van der Waals surface area contributed by atoms with Crippen molar-refractivity contribution >= 4 is 17.7 Å². The number of amides is 3. The number of ether oxygens (including phenoxy) is 1. The number of aryl methyl sites for hydroxylation is 2. The average Bonchev–Trinajstić information content (AvgIpc) is 2.71. The van der Waals surface area contributed by atoms with E-state index in [4.69, 9.17) is 4.74 Å². The number of rotatable bonds is 7. The minimum Gasteiger partial charge on any atom is -0.483 e. The zero-order valence-electron chi connectivity index (χ0n) is 18.8. The van der Waals surface area contributed by atoms with E-state index < -0.39 is 11.8 Å². The van der Waals surface area contributed by atoms with Gasteiger partial charge in [0, 0.05) is 18.5 Å². The average molecular weight is 426 g/mol. The molecule has 0 saturated carbocycles. The molecular weight excluding hydrogens is 394 g/mol. The Morgan fingerprint density at radius 1 is 0.871 bits per heavy atom. The first-order valence-electron chi connectivity index (χ1n) is 10.2. The molecule has 0 spiro atoms. The summed E-state index contributed by atoms with van der Waals surface area (Å²) in [6.45, 7) is 10.1. The van der Waals surface area contributed by atoms with Crippen LogP contribution in [0.2, 0.25) is 0 Å². The Hall–Kier alpha value is -3.35. The monoisotopic (exact) mass is 425 g/mol. The van der Waals surface area contributed by atoms with Gasteiger partial charge in [-0.25, -0.2) is 0 Å². The predicted molar refractivity (Wildman–Crippen MR) is 120 cm³/mol. The second-order valence-electron chi connectivity index (χ2n) is 8.44. The molecule has 31 heavy (non-hydrogen) atoms. The lowest BCUT2D eigenvalue weighted by molar-refractivity contribution is -0.129. The molecule has 166 valence electrons. The van der Waals surface area contributed by atoms with Crippen LogP contribution >= 0.6 is 0 Å². The molecule has 0 unspecified atom stereocenters. The Balaban J connectivity index is 1.68. The van der Waals surface area contributed by atoms with Crippen LogP contribution < -0.4 is 20.9 Å². The zero-order chi connectivity index (χ0) is 23.0. The largest absolute Gasteiger partial charge is 0.483 e. The van der Waals surface area contributed by atoms with E-state index in [0.29, 0.717) is 11.3 Å². The van der Waals surface area contributed by atoms with Crippen molar-refractivity contribution in [2.24, 2.45) is 0 Å². The Kier molecular flexibility index (Phi) is 8.19. The Labute approximate surface area is 183 Å². The van der Waals surface area contributed by atoms with E-state index in [-0.39, 0.29) is 30.9 Å². The molecule has 3 amide bonds. The van der Waals surface area contributed by atoms with E-state index >= 15 is 0 Å². The number of carbonyl (C=O) groups is 3. The summed E-state index contributed by atoms with van der Waals surface area (Å²) in [5, 5.41) is 2.70. The van der Waals surface area contributed by atoms with E-state index in [2.05, 4.69) is 36.9 Å². The highest BCUT2D eigenvalue weighted by Gasteiger charge is 2.14. The molecule has 7 heteroatoms. The number of hydrogen-bond donors (Lipinski definition) is 3. The van der Waals surface area contributed by atoms with Crippen LogP contribution in [0.4, 0.5) is 0 Å². The minimum absolute atomic E-state index is 0.0152. The van der Waals surface area contributed by atoms with Crippen molar-refractivity contribution in [3.05, 3.63) is 64.7 Å². The second kappa shape index (κ2) is 10.6. The predicted octanol–water partition coefficient (Wildman–Crippen LogP) is 2.95. The van der Waals surface area contributed by atoms with Crippen molar-refractivity contribution in [2.75, 3.05) is 13.2 Å². The molecule has 0 saturated heterocycles. The van der Waals surface area contributed by atoms with Gasteiger partial charge in [0.15, 0.2) is 6.61 Å². The number of hydrazine groups is 1. The summed E-state index contributed by atoms with van der Waals surface area (Å²) < 4.78 is 5.53. The molecule has 0 aliphatic rings. The zero-order valence-corrected chi connectivity index (χ0v) is 18.8. The smallest absolute Gasteiger partial charge is 0.276 e. The second-order valence-corrected chi connectivity index (χ2v) is 8.44. The van der Waals surface area contributed by atoms with Crippen molar-refractivity contribution in [3.8, 4) is 5.75 Å². The van der Waals surface area contributed by atoms with Gasteiger partial charge in [0.2, 0.25) is 5.91 Å². The lowest BCUT2D eigenvalue weighted by atomic mass is 9.87. The van der Waals surface area contributed by atoms with Gasteiger partial charge in [0.1, 0.15) is 5.75 Å². The van der Waals surface area contributed by atoms with E-state index in [1.165, 1.54) is 0 Å². The highest BCUT2D eigenvalue weighted by molar-refractivity contribution is 5.94. The molecule has 2 aromatic carbocycles. The molecule has 3 N–H and O–H groups in total. The van der Waals surface area contributed by atoms with Crippen LogP contribution in [0.5, 0.6) is 5.75 Å². The van der Waals surface area contributed by atoms with Crippen LogP contribution in [0.25, 0.3) is 0 Å². The van der Waals surface area contributed by atoms with Gasteiger partial charge in [-0.3, -0.25) is 25.2 Å². The maximum Gasteiger partial charge on any atom is 0.276 e. The number of nitrogens with one attached hydrogen (secondary N) is 3. The van der Waals surface area contributed by atoms with Gasteiger partial charge in [-0.05, 0) is 48.1 Å². The summed E-state index contributed by atoms with van der Waals surface area (Å²) in [4.78, 5) is 36.0. The maximum absolute atomic E-state index is 12.2. The topological polar surface area (TPSA) is 96.5 Å². The number of para-hydroxylation sites is 1. The fraction of sp³-hybridized carbons (Fsp3) is 0.375. The highest BCUT2D eigenvalue weighted by atomic mass is 16.5.